The summed E-state index contributed by atoms with van der Waals surface area (Å²) in [4.78, 5) is 16.2. The van der Waals surface area contributed by atoms with Crippen molar-refractivity contribution in [3.8, 4) is 5.75 Å². The first-order valence-corrected chi connectivity index (χ1v) is 5.49. The smallest absolute Gasteiger partial charge is 0.168 e. The Bertz CT molecular complexity index is 406. The normalized spacial score (nSPS) is 14.7. The van der Waals surface area contributed by atoms with E-state index in [-0.39, 0.29) is 5.78 Å². The number of hydrogen-bond acceptors (Lipinski definition) is 3. The van der Waals surface area contributed by atoms with Crippen molar-refractivity contribution >= 4 is 11.5 Å². The Morgan fingerprint density at radius 2 is 2.12 bits per heavy atom. The van der Waals surface area contributed by atoms with Crippen LogP contribution in [0.25, 0.3) is 0 Å². The maximum absolute atomic E-state index is 11.9. The molecule has 0 spiro atoms. The third kappa shape index (κ3) is 2.48. The maximum Gasteiger partial charge on any atom is 0.168 e. The number of carbonyl (C=O) groups excluding carboxylic acids is 1. The number of benzene rings is 1. The summed E-state index contributed by atoms with van der Waals surface area (Å²) in [6.45, 7) is 0.880. The van der Waals surface area contributed by atoms with E-state index in [9.17, 15) is 4.79 Å². The minimum absolute atomic E-state index is 0.142. The van der Waals surface area contributed by atoms with Gasteiger partial charge in [-0.25, -0.2) is 0 Å². The zero-order chi connectivity index (χ0) is 11.4. The molecule has 0 amide bonds. The molecule has 1 aromatic rings. The highest BCUT2D eigenvalue weighted by molar-refractivity contribution is 6.10. The molecule has 0 atom stereocenters. The first-order chi connectivity index (χ1) is 7.79. The van der Waals surface area contributed by atoms with Gasteiger partial charge in [-0.1, -0.05) is 0 Å². The molecule has 1 heterocycles. The molecule has 0 unspecified atom stereocenters. The van der Waals surface area contributed by atoms with Crippen molar-refractivity contribution in [3.63, 3.8) is 0 Å². The van der Waals surface area contributed by atoms with E-state index in [1.807, 2.05) is 12.1 Å². The van der Waals surface area contributed by atoms with Crippen LogP contribution in [0.2, 0.25) is 0 Å². The molecule has 0 fully saturated rings. The van der Waals surface area contributed by atoms with E-state index in [1.54, 1.807) is 19.2 Å². The highest BCUT2D eigenvalue weighted by Gasteiger charge is 2.12. The van der Waals surface area contributed by atoms with Gasteiger partial charge in [0.1, 0.15) is 5.75 Å². The lowest BCUT2D eigenvalue weighted by atomic mass is 10.0. The van der Waals surface area contributed by atoms with Gasteiger partial charge in [0.05, 0.1) is 7.11 Å². The maximum atomic E-state index is 11.9. The van der Waals surface area contributed by atoms with Gasteiger partial charge in [-0.05, 0) is 37.1 Å². The standard InChI is InChI=1S/C13H15NO2/c1-16-12-6-4-10(5-7-12)13(15)9-11-3-2-8-14-11/h4-7H,2-3,8-9H2,1H3. The molecule has 0 aliphatic carbocycles. The number of ketones is 1. The first kappa shape index (κ1) is 10.9. The third-order valence-electron chi connectivity index (χ3n) is 2.74. The van der Waals surface area contributed by atoms with Crippen molar-refractivity contribution in [1.29, 1.82) is 0 Å². The quantitative estimate of drug-likeness (QED) is 0.727. The lowest BCUT2D eigenvalue weighted by Crippen LogP contribution is -2.06. The van der Waals surface area contributed by atoms with Gasteiger partial charge >= 0.3 is 0 Å². The molecule has 1 aliphatic heterocycles. The van der Waals surface area contributed by atoms with E-state index in [0.29, 0.717) is 6.42 Å². The van der Waals surface area contributed by atoms with Crippen molar-refractivity contribution in [1.82, 2.24) is 0 Å². The second-order valence-electron chi connectivity index (χ2n) is 3.88. The van der Waals surface area contributed by atoms with Crippen molar-refractivity contribution in [3.05, 3.63) is 29.8 Å². The van der Waals surface area contributed by atoms with Crippen molar-refractivity contribution in [2.45, 2.75) is 19.3 Å². The summed E-state index contributed by atoms with van der Waals surface area (Å²) in [5.41, 5.74) is 1.77. The molecule has 0 radical (unpaired) electrons. The van der Waals surface area contributed by atoms with E-state index >= 15 is 0 Å². The van der Waals surface area contributed by atoms with Crippen LogP contribution in [0, 0.1) is 0 Å². The summed E-state index contributed by atoms with van der Waals surface area (Å²) < 4.78 is 5.05. The molecule has 2 rings (SSSR count). The Balaban J connectivity index is 2.02. The SMILES string of the molecule is COc1ccc(C(=O)CC2=NCCC2)cc1. The monoisotopic (exact) mass is 217 g/mol. The van der Waals surface area contributed by atoms with Crippen LogP contribution >= 0.6 is 0 Å². The van der Waals surface area contributed by atoms with Crippen molar-refractivity contribution < 1.29 is 9.53 Å². The molecule has 0 saturated heterocycles. The Morgan fingerprint density at radius 3 is 2.69 bits per heavy atom. The van der Waals surface area contributed by atoms with Crippen LogP contribution in [0.3, 0.4) is 0 Å². The second-order valence-corrected chi connectivity index (χ2v) is 3.88. The highest BCUT2D eigenvalue weighted by atomic mass is 16.5. The fourth-order valence-corrected chi connectivity index (χ4v) is 1.81. The van der Waals surface area contributed by atoms with E-state index in [1.165, 1.54) is 0 Å². The molecule has 0 N–H and O–H groups in total. The predicted molar refractivity (Wildman–Crippen MR) is 63.5 cm³/mol. The number of nitrogens with zero attached hydrogens (tertiary/aromatic N) is 1. The molecule has 16 heavy (non-hydrogen) atoms. The largest absolute Gasteiger partial charge is 0.497 e. The van der Waals surface area contributed by atoms with Crippen LogP contribution in [-0.2, 0) is 0 Å². The number of methoxy groups -OCH3 is 1. The summed E-state index contributed by atoms with van der Waals surface area (Å²) in [6, 6.07) is 7.22. The zero-order valence-electron chi connectivity index (χ0n) is 9.40. The van der Waals surface area contributed by atoms with Crippen LogP contribution < -0.4 is 4.74 Å². The topological polar surface area (TPSA) is 38.7 Å². The molecule has 3 heteroatoms. The van der Waals surface area contributed by atoms with E-state index < -0.39 is 0 Å². The van der Waals surface area contributed by atoms with Crippen molar-refractivity contribution in [2.24, 2.45) is 4.99 Å². The van der Waals surface area contributed by atoms with Gasteiger partial charge in [0.15, 0.2) is 5.78 Å². The Kier molecular flexibility index (Phi) is 3.34. The zero-order valence-corrected chi connectivity index (χ0v) is 9.40. The fraction of sp³-hybridized carbons (Fsp3) is 0.385. The molecule has 0 saturated carbocycles. The average molecular weight is 217 g/mol. The summed E-state index contributed by atoms with van der Waals surface area (Å²) >= 11 is 0. The number of aliphatic imine (C=N–C) groups is 1. The van der Waals surface area contributed by atoms with E-state index in [4.69, 9.17) is 4.74 Å². The molecule has 1 aliphatic rings. The van der Waals surface area contributed by atoms with Gasteiger partial charge in [0, 0.05) is 24.2 Å². The van der Waals surface area contributed by atoms with Crippen LogP contribution in [0.1, 0.15) is 29.6 Å². The second kappa shape index (κ2) is 4.92. The van der Waals surface area contributed by atoms with Gasteiger partial charge in [-0.2, -0.15) is 0 Å². The number of hydrogen-bond donors (Lipinski definition) is 0. The van der Waals surface area contributed by atoms with Crippen LogP contribution in [-0.4, -0.2) is 25.1 Å². The molecule has 1 aromatic carbocycles. The van der Waals surface area contributed by atoms with Gasteiger partial charge < -0.3 is 4.74 Å². The van der Waals surface area contributed by atoms with Crippen molar-refractivity contribution in [2.75, 3.05) is 13.7 Å². The molecule has 0 aromatic heterocycles. The predicted octanol–water partition coefficient (Wildman–Crippen LogP) is 2.50. The van der Waals surface area contributed by atoms with Gasteiger partial charge in [-0.15, -0.1) is 0 Å². The number of rotatable bonds is 4. The highest BCUT2D eigenvalue weighted by Crippen LogP contribution is 2.15. The van der Waals surface area contributed by atoms with Gasteiger partial charge in [-0.3, -0.25) is 9.79 Å². The average Bonchev–Trinajstić information content (AvgIpc) is 2.82. The Hall–Kier alpha value is -1.64. The minimum atomic E-state index is 0.142. The molecule has 84 valence electrons. The Labute approximate surface area is 95.2 Å². The molecular weight excluding hydrogens is 202 g/mol. The summed E-state index contributed by atoms with van der Waals surface area (Å²) in [6.07, 6.45) is 2.53. The van der Waals surface area contributed by atoms with E-state index in [0.717, 1.165) is 36.4 Å². The lowest BCUT2D eigenvalue weighted by molar-refractivity contribution is 0.100. The third-order valence-corrected chi connectivity index (χ3v) is 2.74. The number of carbonyl (C=O) groups is 1. The van der Waals surface area contributed by atoms with Crippen LogP contribution in [0.4, 0.5) is 0 Å². The Morgan fingerprint density at radius 1 is 1.38 bits per heavy atom. The lowest BCUT2D eigenvalue weighted by Gasteiger charge is -2.02. The summed E-state index contributed by atoms with van der Waals surface area (Å²) in [5.74, 6) is 0.915. The molecular formula is C13H15NO2. The summed E-state index contributed by atoms with van der Waals surface area (Å²) in [7, 11) is 1.62. The number of ether oxygens (including phenoxy) is 1. The van der Waals surface area contributed by atoms with E-state index in [2.05, 4.69) is 4.99 Å². The summed E-state index contributed by atoms with van der Waals surface area (Å²) in [5, 5.41) is 0. The minimum Gasteiger partial charge on any atom is -0.497 e. The fourth-order valence-electron chi connectivity index (χ4n) is 1.81. The van der Waals surface area contributed by atoms with Gasteiger partial charge in [0.25, 0.3) is 0 Å². The van der Waals surface area contributed by atoms with Gasteiger partial charge in [0.2, 0.25) is 0 Å². The number of Topliss-reactive ketones (excluding diaryl/α,β-unsaturated/α-hetero) is 1. The molecule has 0 bridgehead atoms. The van der Waals surface area contributed by atoms with Crippen LogP contribution in [0.15, 0.2) is 29.3 Å². The molecule has 3 nitrogen and oxygen atoms in total. The first-order valence-electron chi connectivity index (χ1n) is 5.49. The van der Waals surface area contributed by atoms with Crippen LogP contribution in [0.5, 0.6) is 5.75 Å².